The Kier molecular flexibility index (Phi) is 1.35. The smallest absolute Gasteiger partial charge is 0.196 e. The number of likely N-dealkylation sites (N-methyl/N-ethyl adjacent to an activating group) is 1. The lowest BCUT2D eigenvalue weighted by atomic mass is 9.95. The Hall–Kier alpha value is -1.16. The van der Waals surface area contributed by atoms with Gasteiger partial charge in [-0.3, -0.25) is 4.79 Å². The number of carbonyl (C=O) groups excluding carboxylic acids is 1. The summed E-state index contributed by atoms with van der Waals surface area (Å²) in [6.07, 6.45) is 3.21. The Morgan fingerprint density at radius 1 is 1.75 bits per heavy atom. The molecule has 0 aromatic heterocycles. The number of aliphatic imine (C=N–C) groups is 1. The van der Waals surface area contributed by atoms with E-state index in [1.807, 2.05) is 7.05 Å². The summed E-state index contributed by atoms with van der Waals surface area (Å²) in [6.45, 7) is 0.683. The van der Waals surface area contributed by atoms with Crippen LogP contribution in [0.5, 0.6) is 0 Å². The molecular formula is C8H10N2O2. The highest BCUT2D eigenvalue weighted by Gasteiger charge is 2.47. The third-order valence-corrected chi connectivity index (χ3v) is 2.37. The summed E-state index contributed by atoms with van der Waals surface area (Å²) in [5.74, 6) is 0.229. The molecule has 0 unspecified atom stereocenters. The highest BCUT2D eigenvalue weighted by Crippen LogP contribution is 2.26. The van der Waals surface area contributed by atoms with Crippen molar-refractivity contribution in [1.82, 2.24) is 4.90 Å². The van der Waals surface area contributed by atoms with Gasteiger partial charge in [-0.2, -0.15) is 0 Å². The lowest BCUT2D eigenvalue weighted by molar-refractivity contribution is -0.126. The van der Waals surface area contributed by atoms with E-state index in [2.05, 4.69) is 4.99 Å². The maximum atomic E-state index is 11.3. The van der Waals surface area contributed by atoms with Gasteiger partial charge in [-0.25, -0.2) is 4.99 Å². The van der Waals surface area contributed by atoms with Crippen LogP contribution in [0.4, 0.5) is 0 Å². The van der Waals surface area contributed by atoms with Crippen LogP contribution in [0.1, 0.15) is 6.42 Å². The third-order valence-electron chi connectivity index (χ3n) is 2.37. The molecule has 2 aliphatic heterocycles. The van der Waals surface area contributed by atoms with Gasteiger partial charge in [0.25, 0.3) is 0 Å². The Labute approximate surface area is 70.2 Å². The quantitative estimate of drug-likeness (QED) is 0.530. The first kappa shape index (κ1) is 7.49. The van der Waals surface area contributed by atoms with Gasteiger partial charge < -0.3 is 10.0 Å². The van der Waals surface area contributed by atoms with Gasteiger partial charge in [0.1, 0.15) is 5.84 Å². The molecule has 0 amide bonds. The third kappa shape index (κ3) is 0.754. The maximum Gasteiger partial charge on any atom is 0.196 e. The molecule has 0 aliphatic carbocycles. The van der Waals surface area contributed by atoms with Crippen LogP contribution in [0.2, 0.25) is 0 Å². The zero-order valence-corrected chi connectivity index (χ0v) is 6.82. The van der Waals surface area contributed by atoms with Crippen LogP contribution in [0.15, 0.2) is 17.3 Å². The first-order valence-corrected chi connectivity index (χ1v) is 3.87. The summed E-state index contributed by atoms with van der Waals surface area (Å²) in [7, 11) is 1.82. The fourth-order valence-corrected chi connectivity index (χ4v) is 1.62. The number of carbonyl (C=O) groups is 1. The first-order chi connectivity index (χ1) is 5.64. The predicted octanol–water partition coefficient (Wildman–Crippen LogP) is -0.452. The van der Waals surface area contributed by atoms with E-state index >= 15 is 0 Å². The van der Waals surface area contributed by atoms with Crippen molar-refractivity contribution in [3.05, 3.63) is 12.3 Å². The molecule has 12 heavy (non-hydrogen) atoms. The van der Waals surface area contributed by atoms with Crippen molar-refractivity contribution in [3.8, 4) is 0 Å². The van der Waals surface area contributed by atoms with E-state index in [0.29, 0.717) is 18.8 Å². The summed E-state index contributed by atoms with van der Waals surface area (Å²) in [5.41, 5.74) is -1.33. The lowest BCUT2D eigenvalue weighted by Gasteiger charge is -2.23. The van der Waals surface area contributed by atoms with E-state index in [1.165, 1.54) is 12.3 Å². The number of rotatable bonds is 0. The molecule has 64 valence electrons. The van der Waals surface area contributed by atoms with Gasteiger partial charge in [0.15, 0.2) is 11.4 Å². The van der Waals surface area contributed by atoms with E-state index in [9.17, 15) is 9.90 Å². The van der Waals surface area contributed by atoms with Gasteiger partial charge in [0.2, 0.25) is 0 Å². The number of likely N-dealkylation sites (tertiary alicyclic amines) is 1. The molecule has 1 fully saturated rings. The fourth-order valence-electron chi connectivity index (χ4n) is 1.62. The average molecular weight is 166 g/mol. The molecule has 2 rings (SSSR count). The number of nitrogens with zero attached hydrogens (tertiary/aromatic N) is 2. The van der Waals surface area contributed by atoms with E-state index in [-0.39, 0.29) is 5.78 Å². The van der Waals surface area contributed by atoms with Gasteiger partial charge in [-0.05, 0) is 0 Å². The van der Waals surface area contributed by atoms with E-state index < -0.39 is 5.60 Å². The van der Waals surface area contributed by atoms with Crippen molar-refractivity contribution in [2.45, 2.75) is 12.0 Å². The van der Waals surface area contributed by atoms with Crippen molar-refractivity contribution in [1.29, 1.82) is 0 Å². The predicted molar refractivity (Wildman–Crippen MR) is 43.8 cm³/mol. The number of hydrogen-bond acceptors (Lipinski definition) is 4. The van der Waals surface area contributed by atoms with Crippen LogP contribution in [0, 0.1) is 0 Å². The van der Waals surface area contributed by atoms with Crippen LogP contribution < -0.4 is 0 Å². The zero-order chi connectivity index (χ0) is 8.77. The Bertz CT molecular complexity index is 295. The molecular weight excluding hydrogens is 156 g/mol. The minimum atomic E-state index is -1.33. The first-order valence-electron chi connectivity index (χ1n) is 3.87. The van der Waals surface area contributed by atoms with Crippen LogP contribution in [0.3, 0.4) is 0 Å². The second-order valence-corrected chi connectivity index (χ2v) is 3.16. The van der Waals surface area contributed by atoms with Crippen molar-refractivity contribution < 1.29 is 9.90 Å². The minimum absolute atomic E-state index is 0.253. The second-order valence-electron chi connectivity index (χ2n) is 3.16. The Balaban J connectivity index is 2.47. The monoisotopic (exact) mass is 166 g/mol. The maximum absolute atomic E-state index is 11.3. The fraction of sp³-hybridized carbons (Fsp3) is 0.500. The summed E-state index contributed by atoms with van der Waals surface area (Å²) in [6, 6.07) is 0. The van der Waals surface area contributed by atoms with Gasteiger partial charge >= 0.3 is 0 Å². The topological polar surface area (TPSA) is 52.9 Å². The molecule has 0 radical (unpaired) electrons. The Morgan fingerprint density at radius 3 is 3.17 bits per heavy atom. The van der Waals surface area contributed by atoms with Crippen LogP contribution in [-0.4, -0.2) is 40.8 Å². The summed E-state index contributed by atoms with van der Waals surface area (Å²) in [5, 5.41) is 9.88. The number of amidine groups is 1. The average Bonchev–Trinajstić information content (AvgIpc) is 2.33. The summed E-state index contributed by atoms with van der Waals surface area (Å²) >= 11 is 0. The number of fused-ring (bicyclic) bond motifs is 1. The largest absolute Gasteiger partial charge is 0.374 e. The molecule has 0 spiro atoms. The molecule has 1 N–H and O–H groups in total. The molecule has 4 nitrogen and oxygen atoms in total. The van der Waals surface area contributed by atoms with Crippen molar-refractivity contribution >= 4 is 11.6 Å². The highest BCUT2D eigenvalue weighted by atomic mass is 16.3. The van der Waals surface area contributed by atoms with Crippen molar-refractivity contribution in [2.75, 3.05) is 13.6 Å². The number of ketones is 1. The molecule has 0 aromatic carbocycles. The molecule has 0 saturated carbocycles. The molecule has 2 aliphatic rings. The van der Waals surface area contributed by atoms with E-state index in [0.717, 1.165) is 0 Å². The van der Waals surface area contributed by atoms with Gasteiger partial charge in [-0.15, -0.1) is 0 Å². The number of aliphatic hydroxyl groups is 1. The summed E-state index contributed by atoms with van der Waals surface area (Å²) < 4.78 is 0. The lowest BCUT2D eigenvalue weighted by Crippen LogP contribution is -2.46. The second kappa shape index (κ2) is 2.17. The molecule has 0 aromatic rings. The van der Waals surface area contributed by atoms with E-state index in [4.69, 9.17) is 0 Å². The standard InChI is InChI=1S/C8H10N2O2/c1-10-5-3-8(12)6(11)2-4-9-7(8)10/h2,4,12H,3,5H2,1H3/t8-/m1/s1. The minimum Gasteiger partial charge on any atom is -0.374 e. The van der Waals surface area contributed by atoms with Gasteiger partial charge in [0, 0.05) is 32.3 Å². The van der Waals surface area contributed by atoms with Gasteiger partial charge in [0.05, 0.1) is 0 Å². The van der Waals surface area contributed by atoms with Gasteiger partial charge in [-0.1, -0.05) is 0 Å². The Morgan fingerprint density at radius 2 is 2.50 bits per heavy atom. The zero-order valence-electron chi connectivity index (χ0n) is 6.82. The number of hydrogen-bond donors (Lipinski definition) is 1. The summed E-state index contributed by atoms with van der Waals surface area (Å²) in [4.78, 5) is 17.1. The normalized spacial score (nSPS) is 33.7. The van der Waals surface area contributed by atoms with E-state index in [1.54, 1.807) is 4.90 Å². The van der Waals surface area contributed by atoms with Crippen molar-refractivity contribution in [2.24, 2.45) is 4.99 Å². The van der Waals surface area contributed by atoms with Crippen LogP contribution in [-0.2, 0) is 4.79 Å². The molecule has 2 heterocycles. The van der Waals surface area contributed by atoms with Crippen molar-refractivity contribution in [3.63, 3.8) is 0 Å². The molecule has 1 saturated heterocycles. The van der Waals surface area contributed by atoms with Crippen LogP contribution in [0.25, 0.3) is 0 Å². The van der Waals surface area contributed by atoms with Crippen LogP contribution >= 0.6 is 0 Å². The molecule has 1 atom stereocenters. The SMILES string of the molecule is CN1CC[C@@]2(O)C(=O)C=CN=C12. The molecule has 0 bridgehead atoms. The molecule has 4 heteroatoms. The highest BCUT2D eigenvalue weighted by molar-refractivity contribution is 6.18.